The summed E-state index contributed by atoms with van der Waals surface area (Å²) in [5, 5.41) is 0.309. The van der Waals surface area contributed by atoms with Crippen LogP contribution in [0.2, 0.25) is 5.02 Å². The Morgan fingerprint density at radius 3 is 2.91 bits per heavy atom. The standard InChI is InChI=1S/C17H16ClNO3/c1-10-4-3-5-13-12(10)6-7-15(13)22-17-14(18)8-11(9-20)16(19-17)21-2/h3-5,8-9,15H,6-7H2,1-2H3/t15-/m0/s1. The summed E-state index contributed by atoms with van der Waals surface area (Å²) in [5.41, 5.74) is 4.09. The molecule has 0 spiro atoms. The zero-order valence-electron chi connectivity index (χ0n) is 12.4. The zero-order chi connectivity index (χ0) is 15.7. The second-order valence-corrected chi connectivity index (χ2v) is 5.69. The molecule has 2 aromatic rings. The number of methoxy groups -OCH3 is 1. The number of aryl methyl sites for hydroxylation is 1. The van der Waals surface area contributed by atoms with Crippen molar-refractivity contribution in [3.63, 3.8) is 0 Å². The normalized spacial score (nSPS) is 16.2. The maximum Gasteiger partial charge on any atom is 0.236 e. The molecular weight excluding hydrogens is 302 g/mol. The van der Waals surface area contributed by atoms with Crippen LogP contribution in [0.4, 0.5) is 0 Å². The third kappa shape index (κ3) is 2.55. The number of hydrogen-bond donors (Lipinski definition) is 0. The van der Waals surface area contributed by atoms with Gasteiger partial charge in [-0.2, -0.15) is 4.98 Å². The van der Waals surface area contributed by atoms with E-state index in [1.54, 1.807) is 0 Å². The largest absolute Gasteiger partial charge is 0.480 e. The molecule has 0 saturated heterocycles. The summed E-state index contributed by atoms with van der Waals surface area (Å²) in [6.45, 7) is 2.11. The van der Waals surface area contributed by atoms with Crippen LogP contribution < -0.4 is 9.47 Å². The van der Waals surface area contributed by atoms with Crippen LogP contribution in [0, 0.1) is 6.92 Å². The van der Waals surface area contributed by atoms with Gasteiger partial charge in [0.05, 0.1) is 12.7 Å². The van der Waals surface area contributed by atoms with Gasteiger partial charge in [0.15, 0.2) is 6.29 Å². The highest BCUT2D eigenvalue weighted by Crippen LogP contribution is 2.38. The molecule has 3 rings (SSSR count). The number of halogens is 1. The number of nitrogens with zero attached hydrogens (tertiary/aromatic N) is 1. The van der Waals surface area contributed by atoms with Crippen LogP contribution in [0.15, 0.2) is 24.3 Å². The molecule has 0 fully saturated rings. The Hall–Kier alpha value is -2.07. The number of ether oxygens (including phenoxy) is 2. The van der Waals surface area contributed by atoms with Gasteiger partial charge in [-0.05, 0) is 42.5 Å². The van der Waals surface area contributed by atoms with Crippen molar-refractivity contribution in [3.05, 3.63) is 51.5 Å². The molecule has 5 heteroatoms. The van der Waals surface area contributed by atoms with E-state index in [9.17, 15) is 4.79 Å². The number of rotatable bonds is 4. The first-order valence-electron chi connectivity index (χ1n) is 7.08. The predicted molar refractivity (Wildman–Crippen MR) is 84.1 cm³/mol. The molecule has 22 heavy (non-hydrogen) atoms. The van der Waals surface area contributed by atoms with Crippen molar-refractivity contribution in [2.24, 2.45) is 0 Å². The predicted octanol–water partition coefficient (Wildman–Crippen LogP) is 3.93. The second-order valence-electron chi connectivity index (χ2n) is 5.28. The first kappa shape index (κ1) is 14.9. The van der Waals surface area contributed by atoms with Crippen LogP contribution in [-0.2, 0) is 6.42 Å². The van der Waals surface area contributed by atoms with Gasteiger partial charge in [-0.3, -0.25) is 4.79 Å². The van der Waals surface area contributed by atoms with Crippen molar-refractivity contribution in [1.82, 2.24) is 4.98 Å². The molecule has 0 N–H and O–H groups in total. The zero-order valence-corrected chi connectivity index (χ0v) is 13.2. The molecule has 0 radical (unpaired) electrons. The summed E-state index contributed by atoms with van der Waals surface area (Å²) in [7, 11) is 1.46. The van der Waals surface area contributed by atoms with E-state index in [1.807, 2.05) is 6.07 Å². The highest BCUT2D eigenvalue weighted by atomic mass is 35.5. The van der Waals surface area contributed by atoms with Crippen molar-refractivity contribution in [3.8, 4) is 11.8 Å². The first-order chi connectivity index (χ1) is 10.6. The second kappa shape index (κ2) is 5.97. The monoisotopic (exact) mass is 317 g/mol. The van der Waals surface area contributed by atoms with Gasteiger partial charge in [0.2, 0.25) is 11.8 Å². The Morgan fingerprint density at radius 2 is 2.18 bits per heavy atom. The number of benzene rings is 1. The van der Waals surface area contributed by atoms with Crippen LogP contribution in [-0.4, -0.2) is 18.4 Å². The third-order valence-electron chi connectivity index (χ3n) is 3.96. The Bertz CT molecular complexity index is 730. The van der Waals surface area contributed by atoms with E-state index in [0.717, 1.165) is 12.8 Å². The molecule has 114 valence electrons. The molecule has 0 bridgehead atoms. The van der Waals surface area contributed by atoms with E-state index < -0.39 is 0 Å². The molecule has 0 unspecified atom stereocenters. The van der Waals surface area contributed by atoms with Gasteiger partial charge in [-0.15, -0.1) is 0 Å². The van der Waals surface area contributed by atoms with Gasteiger partial charge < -0.3 is 9.47 Å². The third-order valence-corrected chi connectivity index (χ3v) is 4.23. The highest BCUT2D eigenvalue weighted by molar-refractivity contribution is 6.32. The number of pyridine rings is 1. The fourth-order valence-electron chi connectivity index (χ4n) is 2.86. The van der Waals surface area contributed by atoms with Gasteiger partial charge in [-0.1, -0.05) is 29.8 Å². The molecule has 4 nitrogen and oxygen atoms in total. The number of hydrogen-bond acceptors (Lipinski definition) is 4. The van der Waals surface area contributed by atoms with Gasteiger partial charge in [0.25, 0.3) is 0 Å². The van der Waals surface area contributed by atoms with Crippen molar-refractivity contribution in [1.29, 1.82) is 0 Å². The summed E-state index contributed by atoms with van der Waals surface area (Å²) < 4.78 is 11.1. The van der Waals surface area contributed by atoms with E-state index in [1.165, 1.54) is 29.9 Å². The van der Waals surface area contributed by atoms with Crippen LogP contribution in [0.25, 0.3) is 0 Å². The van der Waals surface area contributed by atoms with Crippen LogP contribution in [0.3, 0.4) is 0 Å². The minimum atomic E-state index is -0.0771. The summed E-state index contributed by atoms with van der Waals surface area (Å²) in [4.78, 5) is 15.2. The molecule has 1 aliphatic rings. The quantitative estimate of drug-likeness (QED) is 0.802. The minimum absolute atomic E-state index is 0.0771. The van der Waals surface area contributed by atoms with E-state index >= 15 is 0 Å². The Labute approximate surface area is 134 Å². The summed E-state index contributed by atoms with van der Waals surface area (Å²) >= 11 is 6.17. The number of aldehydes is 1. The summed E-state index contributed by atoms with van der Waals surface area (Å²) in [5.74, 6) is 0.514. The number of carbonyl (C=O) groups is 1. The Kier molecular flexibility index (Phi) is 4.03. The topological polar surface area (TPSA) is 48.4 Å². The lowest BCUT2D eigenvalue weighted by Gasteiger charge is -2.16. The summed E-state index contributed by atoms with van der Waals surface area (Å²) in [6.07, 6.45) is 2.45. The minimum Gasteiger partial charge on any atom is -0.480 e. The van der Waals surface area contributed by atoms with Crippen LogP contribution >= 0.6 is 11.6 Å². The Morgan fingerprint density at radius 1 is 1.36 bits per heavy atom. The van der Waals surface area contributed by atoms with Crippen LogP contribution in [0.5, 0.6) is 11.8 Å². The van der Waals surface area contributed by atoms with Crippen molar-refractivity contribution in [2.45, 2.75) is 25.9 Å². The van der Waals surface area contributed by atoms with Gasteiger partial charge >= 0.3 is 0 Å². The first-order valence-corrected chi connectivity index (χ1v) is 7.46. The van der Waals surface area contributed by atoms with E-state index in [2.05, 4.69) is 24.0 Å². The summed E-state index contributed by atoms with van der Waals surface area (Å²) in [6, 6.07) is 7.72. The molecule has 1 aromatic carbocycles. The van der Waals surface area contributed by atoms with E-state index in [0.29, 0.717) is 22.8 Å². The van der Waals surface area contributed by atoms with Gasteiger partial charge in [0, 0.05) is 0 Å². The van der Waals surface area contributed by atoms with E-state index in [-0.39, 0.29) is 12.0 Å². The maximum atomic E-state index is 11.0. The number of fused-ring (bicyclic) bond motifs is 1. The molecule has 1 aliphatic carbocycles. The molecule has 0 saturated carbocycles. The maximum absolute atomic E-state index is 11.0. The number of carbonyl (C=O) groups excluding carboxylic acids is 1. The lowest BCUT2D eigenvalue weighted by molar-refractivity contribution is 0.111. The number of aromatic nitrogens is 1. The van der Waals surface area contributed by atoms with E-state index in [4.69, 9.17) is 21.1 Å². The van der Waals surface area contributed by atoms with Gasteiger partial charge in [-0.25, -0.2) is 0 Å². The van der Waals surface area contributed by atoms with Crippen molar-refractivity contribution < 1.29 is 14.3 Å². The average molecular weight is 318 g/mol. The van der Waals surface area contributed by atoms with Crippen molar-refractivity contribution in [2.75, 3.05) is 7.11 Å². The average Bonchev–Trinajstić information content (AvgIpc) is 2.93. The molecule has 0 amide bonds. The SMILES string of the molecule is COc1nc(O[C@H]2CCc3c(C)cccc32)c(Cl)cc1C=O. The van der Waals surface area contributed by atoms with Crippen molar-refractivity contribution >= 4 is 17.9 Å². The smallest absolute Gasteiger partial charge is 0.236 e. The van der Waals surface area contributed by atoms with Crippen LogP contribution in [0.1, 0.15) is 39.6 Å². The highest BCUT2D eigenvalue weighted by Gasteiger charge is 2.26. The molecule has 1 atom stereocenters. The van der Waals surface area contributed by atoms with Gasteiger partial charge in [0.1, 0.15) is 11.1 Å². The molecule has 0 aliphatic heterocycles. The molecule has 1 heterocycles. The lowest BCUT2D eigenvalue weighted by atomic mass is 10.0. The fraction of sp³-hybridized carbons (Fsp3) is 0.294. The fourth-order valence-corrected chi connectivity index (χ4v) is 3.06. The lowest BCUT2D eigenvalue weighted by Crippen LogP contribution is -2.07. The molecular formula is C17H16ClNO3. The Balaban J connectivity index is 1.92. The molecule has 1 aromatic heterocycles.